The summed E-state index contributed by atoms with van der Waals surface area (Å²) in [5.41, 5.74) is 8.44. The molecular weight excluding hydrogens is 418 g/mol. The van der Waals surface area contributed by atoms with Gasteiger partial charge < -0.3 is 20.5 Å². The van der Waals surface area contributed by atoms with Crippen LogP contribution in [0.4, 0.5) is 5.95 Å². The summed E-state index contributed by atoms with van der Waals surface area (Å²) in [5.74, 6) is 0.320. The second kappa shape index (κ2) is 10.2. The molecule has 0 saturated carbocycles. The molecule has 1 fully saturated rings. The summed E-state index contributed by atoms with van der Waals surface area (Å²) in [4.78, 5) is 32.5. The number of carbonyl (C=O) groups excluding carboxylic acids is 2. The number of para-hydroxylation sites is 1. The number of aromatic nitrogens is 2. The number of hydrogen-bond donors (Lipinski definition) is 4. The van der Waals surface area contributed by atoms with Crippen LogP contribution in [-0.2, 0) is 9.59 Å². The van der Waals surface area contributed by atoms with Gasteiger partial charge in [-0.05, 0) is 57.0 Å². The smallest absolute Gasteiger partial charge is 0.247 e. The molecule has 3 atom stereocenters. The lowest BCUT2D eigenvalue weighted by atomic mass is 10.1. The molecule has 0 bridgehead atoms. The lowest BCUT2D eigenvalue weighted by molar-refractivity contribution is -0.126. The Kier molecular flexibility index (Phi) is 7.10. The van der Waals surface area contributed by atoms with E-state index in [1.54, 1.807) is 24.4 Å². The fraction of sp³-hybridized carbons (Fsp3) is 0.458. The topological polar surface area (TPSA) is 117 Å². The van der Waals surface area contributed by atoms with Crippen molar-refractivity contribution >= 4 is 28.8 Å². The second-order valence-electron chi connectivity index (χ2n) is 8.70. The molecule has 9 nitrogen and oxygen atoms in total. The number of likely N-dealkylation sites (tertiary alicyclic amines) is 1. The van der Waals surface area contributed by atoms with Crippen LogP contribution in [0.3, 0.4) is 0 Å². The minimum absolute atomic E-state index is 0.000395. The van der Waals surface area contributed by atoms with E-state index in [1.807, 2.05) is 24.0 Å². The highest BCUT2D eigenvalue weighted by Gasteiger charge is 2.28. The molecule has 9 heteroatoms. The molecule has 3 unspecified atom stereocenters. The maximum absolute atomic E-state index is 13.1. The Hall–Kier alpha value is -3.17. The standard InChI is InChI=1S/C24H33N7O2/c1-16-7-5-9-19-22(16)31(18-8-3-4-14-30(15-18)21(32)10-6-12-25)24(28-19)29-23(33)20-11-13-26-17(2)27-20/h5-7,9-11,13,17-18,20,26-27H,3-4,8,12,14-15,25H2,1-2H3,(H,28,29,33)/b10-6+. The number of nitrogens with zero attached hydrogens (tertiary/aromatic N) is 3. The van der Waals surface area contributed by atoms with E-state index < -0.39 is 6.04 Å². The molecule has 4 rings (SSSR count). The highest BCUT2D eigenvalue weighted by molar-refractivity contribution is 5.97. The van der Waals surface area contributed by atoms with Gasteiger partial charge in [-0.25, -0.2) is 4.98 Å². The monoisotopic (exact) mass is 451 g/mol. The Labute approximate surface area is 194 Å². The lowest BCUT2D eigenvalue weighted by Gasteiger charge is -2.27. The molecule has 0 radical (unpaired) electrons. The molecule has 0 spiro atoms. The predicted octanol–water partition coefficient (Wildman–Crippen LogP) is 1.77. The number of aryl methyl sites for hydroxylation is 1. The lowest BCUT2D eigenvalue weighted by Crippen LogP contribution is -2.51. The Bertz CT molecular complexity index is 1070. The summed E-state index contributed by atoms with van der Waals surface area (Å²) in [7, 11) is 0. The SMILES string of the molecule is Cc1cccc2nc(NC(=O)C3C=CNC(C)N3)n(C3CCCCN(C(=O)/C=C/CN)C3)c12. The molecular formula is C24H33N7O2. The van der Waals surface area contributed by atoms with Crippen molar-refractivity contribution in [2.45, 2.75) is 51.4 Å². The van der Waals surface area contributed by atoms with Crippen LogP contribution in [0.25, 0.3) is 11.0 Å². The Morgan fingerprint density at radius 3 is 2.97 bits per heavy atom. The molecule has 1 aromatic carbocycles. The van der Waals surface area contributed by atoms with Crippen molar-refractivity contribution in [2.75, 3.05) is 25.0 Å². The summed E-state index contributed by atoms with van der Waals surface area (Å²) >= 11 is 0. The van der Waals surface area contributed by atoms with Crippen molar-refractivity contribution in [1.29, 1.82) is 0 Å². The van der Waals surface area contributed by atoms with Crippen molar-refractivity contribution in [2.24, 2.45) is 5.73 Å². The molecule has 5 N–H and O–H groups in total. The molecule has 1 aromatic heterocycles. The van der Waals surface area contributed by atoms with E-state index in [2.05, 4.69) is 33.5 Å². The number of anilines is 1. The first-order chi connectivity index (χ1) is 16.0. The second-order valence-corrected chi connectivity index (χ2v) is 8.70. The molecule has 33 heavy (non-hydrogen) atoms. The highest BCUT2D eigenvalue weighted by atomic mass is 16.2. The largest absolute Gasteiger partial charge is 0.376 e. The van der Waals surface area contributed by atoms with Gasteiger partial charge in [0.05, 0.1) is 23.2 Å². The molecule has 3 heterocycles. The minimum Gasteiger partial charge on any atom is -0.376 e. The van der Waals surface area contributed by atoms with Gasteiger partial charge in [-0.3, -0.25) is 20.2 Å². The van der Waals surface area contributed by atoms with Crippen LogP contribution >= 0.6 is 0 Å². The van der Waals surface area contributed by atoms with Crippen molar-refractivity contribution < 1.29 is 9.59 Å². The fourth-order valence-corrected chi connectivity index (χ4v) is 4.59. The van der Waals surface area contributed by atoms with Gasteiger partial charge in [-0.2, -0.15) is 0 Å². The van der Waals surface area contributed by atoms with E-state index in [-0.39, 0.29) is 24.0 Å². The average molecular weight is 452 g/mol. The number of benzene rings is 1. The number of carbonyl (C=O) groups is 2. The van der Waals surface area contributed by atoms with Crippen LogP contribution < -0.4 is 21.7 Å². The van der Waals surface area contributed by atoms with Crippen LogP contribution in [-0.4, -0.2) is 58.1 Å². The number of imidazole rings is 1. The molecule has 2 aliphatic heterocycles. The van der Waals surface area contributed by atoms with Crippen LogP contribution in [0.5, 0.6) is 0 Å². The summed E-state index contributed by atoms with van der Waals surface area (Å²) in [6.45, 7) is 5.60. The molecule has 176 valence electrons. The molecule has 2 amide bonds. The maximum atomic E-state index is 13.1. The van der Waals surface area contributed by atoms with Gasteiger partial charge in [-0.1, -0.05) is 18.2 Å². The van der Waals surface area contributed by atoms with E-state index in [0.29, 0.717) is 25.6 Å². The highest BCUT2D eigenvalue weighted by Crippen LogP contribution is 2.32. The number of nitrogens with one attached hydrogen (secondary N) is 3. The van der Waals surface area contributed by atoms with Gasteiger partial charge >= 0.3 is 0 Å². The van der Waals surface area contributed by atoms with E-state index in [1.165, 1.54) is 0 Å². The summed E-state index contributed by atoms with van der Waals surface area (Å²) in [5, 5.41) is 9.38. The van der Waals surface area contributed by atoms with Gasteiger partial charge in [0.15, 0.2) is 0 Å². The number of rotatable bonds is 5. The number of fused-ring (bicyclic) bond motifs is 1. The number of amides is 2. The third-order valence-electron chi connectivity index (χ3n) is 6.21. The van der Waals surface area contributed by atoms with Gasteiger partial charge in [0, 0.05) is 25.7 Å². The Balaban J connectivity index is 1.68. The zero-order valence-corrected chi connectivity index (χ0v) is 19.3. The van der Waals surface area contributed by atoms with Gasteiger partial charge in [0.25, 0.3) is 0 Å². The van der Waals surface area contributed by atoms with Crippen molar-refractivity contribution in [3.63, 3.8) is 0 Å². The summed E-state index contributed by atoms with van der Waals surface area (Å²) < 4.78 is 2.12. The molecule has 1 saturated heterocycles. The first-order valence-electron chi connectivity index (χ1n) is 11.6. The zero-order chi connectivity index (χ0) is 23.4. The van der Waals surface area contributed by atoms with Gasteiger partial charge in [0.2, 0.25) is 17.8 Å². The third kappa shape index (κ3) is 5.09. The van der Waals surface area contributed by atoms with Crippen molar-refractivity contribution in [1.82, 2.24) is 25.1 Å². The van der Waals surface area contributed by atoms with E-state index in [9.17, 15) is 9.59 Å². The first-order valence-corrected chi connectivity index (χ1v) is 11.6. The Morgan fingerprint density at radius 2 is 2.18 bits per heavy atom. The first kappa shape index (κ1) is 23.0. The summed E-state index contributed by atoms with van der Waals surface area (Å²) in [6, 6.07) is 5.53. The quantitative estimate of drug-likeness (QED) is 0.515. The van der Waals surface area contributed by atoms with E-state index in [0.717, 1.165) is 35.9 Å². The van der Waals surface area contributed by atoms with Crippen molar-refractivity contribution in [3.8, 4) is 0 Å². The van der Waals surface area contributed by atoms with Crippen LogP contribution in [0.2, 0.25) is 0 Å². The average Bonchev–Trinajstić information content (AvgIpc) is 2.99. The van der Waals surface area contributed by atoms with E-state index in [4.69, 9.17) is 10.7 Å². The molecule has 2 aromatic rings. The van der Waals surface area contributed by atoms with Crippen LogP contribution in [0.15, 0.2) is 42.6 Å². The van der Waals surface area contributed by atoms with Crippen LogP contribution in [0, 0.1) is 6.92 Å². The van der Waals surface area contributed by atoms with Gasteiger partial charge in [-0.15, -0.1) is 0 Å². The molecule has 2 aliphatic rings. The van der Waals surface area contributed by atoms with Crippen LogP contribution in [0.1, 0.15) is 37.8 Å². The molecule has 0 aliphatic carbocycles. The normalized spacial score (nSPS) is 23.5. The fourth-order valence-electron chi connectivity index (χ4n) is 4.59. The number of nitrogens with two attached hydrogens (primary N) is 1. The number of hydrogen-bond acceptors (Lipinski definition) is 6. The van der Waals surface area contributed by atoms with Gasteiger partial charge in [0.1, 0.15) is 6.04 Å². The third-order valence-corrected chi connectivity index (χ3v) is 6.21. The Morgan fingerprint density at radius 1 is 1.33 bits per heavy atom. The van der Waals surface area contributed by atoms with Crippen molar-refractivity contribution in [3.05, 3.63) is 48.2 Å². The zero-order valence-electron chi connectivity index (χ0n) is 19.3. The predicted molar refractivity (Wildman–Crippen MR) is 129 cm³/mol. The summed E-state index contributed by atoms with van der Waals surface area (Å²) in [6.07, 6.45) is 9.65. The minimum atomic E-state index is -0.454. The van der Waals surface area contributed by atoms with E-state index >= 15 is 0 Å². The maximum Gasteiger partial charge on any atom is 0.247 e.